The average molecular weight is 381 g/mol. The first-order valence-corrected chi connectivity index (χ1v) is 7.78. The number of rotatable bonds is 4. The van der Waals surface area contributed by atoms with E-state index in [4.69, 9.17) is 9.15 Å². The number of hydrogen-bond acceptors (Lipinski definition) is 4. The first-order chi connectivity index (χ1) is 10.9. The van der Waals surface area contributed by atoms with Crippen LogP contribution in [-0.4, -0.2) is 25.1 Å². The van der Waals surface area contributed by atoms with E-state index in [1.54, 1.807) is 37.4 Å². The number of ether oxygens (including phenoxy) is 1. The smallest absolute Gasteiger partial charge is 0.379 e. The molecule has 0 unspecified atom stereocenters. The highest BCUT2D eigenvalue weighted by Gasteiger charge is 2.14. The van der Waals surface area contributed by atoms with Crippen LogP contribution in [0.5, 0.6) is 5.75 Å². The fourth-order valence-electron chi connectivity index (χ4n) is 1.78. The molecule has 7 heteroatoms. The molecule has 1 aromatic heterocycles. The van der Waals surface area contributed by atoms with Crippen molar-refractivity contribution in [1.29, 1.82) is 0 Å². The monoisotopic (exact) mass is 380 g/mol. The predicted octanol–water partition coefficient (Wildman–Crippen LogP) is 3.82. The minimum Gasteiger partial charge on any atom is -0.442 e. The minimum absolute atomic E-state index is 0.0535. The summed E-state index contributed by atoms with van der Waals surface area (Å²) in [6.45, 7) is 3.78. The van der Waals surface area contributed by atoms with E-state index in [2.05, 4.69) is 21.2 Å². The van der Waals surface area contributed by atoms with E-state index in [-0.39, 0.29) is 17.8 Å². The third-order valence-electron chi connectivity index (χ3n) is 2.93. The molecule has 1 aromatic carbocycles. The Hall–Kier alpha value is -2.28. The van der Waals surface area contributed by atoms with E-state index in [0.717, 1.165) is 0 Å². The molecule has 23 heavy (non-hydrogen) atoms. The van der Waals surface area contributed by atoms with Crippen molar-refractivity contribution in [3.8, 4) is 5.75 Å². The third kappa shape index (κ3) is 4.59. The van der Waals surface area contributed by atoms with E-state index in [1.165, 1.54) is 11.0 Å². The number of esters is 1. The van der Waals surface area contributed by atoms with Crippen LogP contribution in [0.3, 0.4) is 0 Å². The highest BCUT2D eigenvalue weighted by molar-refractivity contribution is 9.10. The normalized spacial score (nSPS) is 10.5. The molecule has 0 saturated heterocycles. The lowest BCUT2D eigenvalue weighted by atomic mass is 10.3. The molecule has 0 aliphatic rings. The topological polar surface area (TPSA) is 71.8 Å². The van der Waals surface area contributed by atoms with Crippen molar-refractivity contribution in [2.75, 3.05) is 11.9 Å². The van der Waals surface area contributed by atoms with E-state index in [0.29, 0.717) is 16.1 Å². The number of furan rings is 1. The molecule has 0 fully saturated rings. The first-order valence-electron chi connectivity index (χ1n) is 6.98. The van der Waals surface area contributed by atoms with Crippen LogP contribution in [0.15, 0.2) is 45.5 Å². The number of amides is 2. The zero-order valence-corrected chi connectivity index (χ0v) is 14.6. The SMILES string of the molecule is CC(C)NC(=O)N(C)c1ccc(OC(=O)c2ccc(Br)o2)cc1. The Morgan fingerprint density at radius 3 is 2.35 bits per heavy atom. The van der Waals surface area contributed by atoms with Gasteiger partial charge in [0.05, 0.1) is 0 Å². The fourth-order valence-corrected chi connectivity index (χ4v) is 2.09. The molecule has 0 bridgehead atoms. The van der Waals surface area contributed by atoms with Crippen LogP contribution >= 0.6 is 15.9 Å². The zero-order valence-electron chi connectivity index (χ0n) is 13.0. The molecular formula is C16H17BrN2O4. The molecule has 6 nitrogen and oxygen atoms in total. The first kappa shape index (κ1) is 17.1. The van der Waals surface area contributed by atoms with Gasteiger partial charge in [0.1, 0.15) is 5.75 Å². The van der Waals surface area contributed by atoms with Crippen LogP contribution in [0, 0.1) is 0 Å². The van der Waals surface area contributed by atoms with Crippen molar-refractivity contribution in [2.24, 2.45) is 0 Å². The van der Waals surface area contributed by atoms with E-state index < -0.39 is 5.97 Å². The molecule has 0 radical (unpaired) electrons. The van der Waals surface area contributed by atoms with Crippen LogP contribution in [0.2, 0.25) is 0 Å². The fraction of sp³-hybridized carbons (Fsp3) is 0.250. The second-order valence-corrected chi connectivity index (χ2v) is 5.93. The maximum absolute atomic E-state index is 11.9. The quantitative estimate of drug-likeness (QED) is 0.646. The lowest BCUT2D eigenvalue weighted by Gasteiger charge is -2.19. The number of benzene rings is 1. The van der Waals surface area contributed by atoms with Gasteiger partial charge in [0, 0.05) is 18.8 Å². The molecule has 2 amide bonds. The number of nitrogens with one attached hydrogen (secondary N) is 1. The molecular weight excluding hydrogens is 364 g/mol. The predicted molar refractivity (Wildman–Crippen MR) is 89.9 cm³/mol. The lowest BCUT2D eigenvalue weighted by Crippen LogP contribution is -2.40. The van der Waals surface area contributed by atoms with Gasteiger partial charge >= 0.3 is 12.0 Å². The molecule has 122 valence electrons. The van der Waals surface area contributed by atoms with Crippen LogP contribution in [0.1, 0.15) is 24.4 Å². The molecule has 0 aliphatic heterocycles. The molecule has 1 heterocycles. The van der Waals surface area contributed by atoms with Crippen LogP contribution in [0.25, 0.3) is 0 Å². The highest BCUT2D eigenvalue weighted by atomic mass is 79.9. The number of urea groups is 1. The minimum atomic E-state index is -0.589. The Balaban J connectivity index is 2.01. The van der Waals surface area contributed by atoms with Crippen molar-refractivity contribution in [3.63, 3.8) is 0 Å². The lowest BCUT2D eigenvalue weighted by molar-refractivity contribution is 0.0700. The van der Waals surface area contributed by atoms with Crippen LogP contribution < -0.4 is 15.0 Å². The van der Waals surface area contributed by atoms with Crippen molar-refractivity contribution in [2.45, 2.75) is 19.9 Å². The van der Waals surface area contributed by atoms with E-state index in [1.807, 2.05) is 13.8 Å². The van der Waals surface area contributed by atoms with Gasteiger partial charge in [-0.15, -0.1) is 0 Å². The van der Waals surface area contributed by atoms with E-state index in [9.17, 15) is 9.59 Å². The van der Waals surface area contributed by atoms with Gasteiger partial charge in [0.15, 0.2) is 4.67 Å². The van der Waals surface area contributed by atoms with Crippen LogP contribution in [-0.2, 0) is 0 Å². The molecule has 0 saturated carbocycles. The summed E-state index contributed by atoms with van der Waals surface area (Å²) >= 11 is 3.12. The van der Waals surface area contributed by atoms with Gasteiger partial charge in [-0.1, -0.05) is 0 Å². The average Bonchev–Trinajstić information content (AvgIpc) is 2.93. The summed E-state index contributed by atoms with van der Waals surface area (Å²) in [5.41, 5.74) is 0.684. The van der Waals surface area contributed by atoms with Gasteiger partial charge < -0.3 is 14.5 Å². The van der Waals surface area contributed by atoms with E-state index >= 15 is 0 Å². The second kappa shape index (κ2) is 7.32. The van der Waals surface area contributed by atoms with Crippen molar-refractivity contribution in [3.05, 3.63) is 46.8 Å². The molecule has 0 spiro atoms. The number of carbonyl (C=O) groups excluding carboxylic acids is 2. The Kier molecular flexibility index (Phi) is 5.44. The summed E-state index contributed by atoms with van der Waals surface area (Å²) in [6.07, 6.45) is 0. The summed E-state index contributed by atoms with van der Waals surface area (Å²) in [5.74, 6) is -0.118. The summed E-state index contributed by atoms with van der Waals surface area (Å²) in [6, 6.07) is 9.60. The Bertz CT molecular complexity index is 694. The molecule has 2 aromatic rings. The second-order valence-electron chi connectivity index (χ2n) is 5.15. The summed E-state index contributed by atoms with van der Waals surface area (Å²) in [4.78, 5) is 25.3. The van der Waals surface area contributed by atoms with Gasteiger partial charge in [-0.2, -0.15) is 0 Å². The number of halogens is 1. The maximum atomic E-state index is 11.9. The van der Waals surface area contributed by atoms with Crippen LogP contribution in [0.4, 0.5) is 10.5 Å². The Morgan fingerprint density at radius 1 is 1.17 bits per heavy atom. The van der Waals surface area contributed by atoms with Gasteiger partial charge in [0.25, 0.3) is 0 Å². The Labute approximate surface area is 142 Å². The number of carbonyl (C=O) groups is 2. The van der Waals surface area contributed by atoms with Gasteiger partial charge in [0.2, 0.25) is 5.76 Å². The highest BCUT2D eigenvalue weighted by Crippen LogP contribution is 2.21. The standard InChI is InChI=1S/C16H17BrN2O4/c1-10(2)18-16(21)19(3)11-4-6-12(7-5-11)22-15(20)13-8-9-14(17)23-13/h4-10H,1-3H3,(H,18,21). The van der Waals surface area contributed by atoms with Crippen molar-refractivity contribution in [1.82, 2.24) is 5.32 Å². The van der Waals surface area contributed by atoms with Gasteiger partial charge in [-0.05, 0) is 66.2 Å². The largest absolute Gasteiger partial charge is 0.442 e. The molecule has 0 aliphatic carbocycles. The Morgan fingerprint density at radius 2 is 1.83 bits per heavy atom. The maximum Gasteiger partial charge on any atom is 0.379 e. The number of nitrogens with zero attached hydrogens (tertiary/aromatic N) is 1. The summed E-state index contributed by atoms with van der Waals surface area (Å²) in [5, 5.41) is 2.80. The van der Waals surface area contributed by atoms with Gasteiger partial charge in [-0.25, -0.2) is 9.59 Å². The summed E-state index contributed by atoms with van der Waals surface area (Å²) < 4.78 is 10.8. The van der Waals surface area contributed by atoms with Gasteiger partial charge in [-0.3, -0.25) is 4.90 Å². The zero-order chi connectivity index (χ0) is 17.0. The molecule has 0 atom stereocenters. The van der Waals surface area contributed by atoms with Crippen molar-refractivity contribution >= 4 is 33.6 Å². The molecule has 1 N–H and O–H groups in total. The molecule has 2 rings (SSSR count). The third-order valence-corrected chi connectivity index (χ3v) is 3.35. The van der Waals surface area contributed by atoms with Crippen molar-refractivity contribution < 1.29 is 18.7 Å². The summed E-state index contributed by atoms with van der Waals surface area (Å²) in [7, 11) is 1.67. The number of hydrogen-bond donors (Lipinski definition) is 1. The number of anilines is 1.